The van der Waals surface area contributed by atoms with Gasteiger partial charge in [0.25, 0.3) is 0 Å². The van der Waals surface area contributed by atoms with Crippen LogP contribution in [0.2, 0.25) is 0 Å². The first-order valence-corrected chi connectivity index (χ1v) is 8.99. The van der Waals surface area contributed by atoms with E-state index in [-0.39, 0.29) is 29.8 Å². The van der Waals surface area contributed by atoms with Crippen molar-refractivity contribution in [2.24, 2.45) is 4.99 Å². The lowest BCUT2D eigenvalue weighted by Gasteiger charge is -2.12. The molecule has 1 aromatic carbocycles. The number of benzene rings is 1. The minimum atomic E-state index is -0.185. The Bertz CT molecular complexity index is 507. The molecule has 0 radical (unpaired) electrons. The molecule has 8 heteroatoms. The van der Waals surface area contributed by atoms with Crippen molar-refractivity contribution in [2.75, 3.05) is 46.6 Å². The third kappa shape index (κ3) is 11.7. The second-order valence-corrected chi connectivity index (χ2v) is 6.05. The van der Waals surface area contributed by atoms with Crippen LogP contribution in [0.5, 0.6) is 0 Å². The van der Waals surface area contributed by atoms with Gasteiger partial charge in [-0.05, 0) is 43.5 Å². The molecular weight excluding hydrogens is 504 g/mol. The van der Waals surface area contributed by atoms with Crippen molar-refractivity contribution < 1.29 is 13.9 Å². The van der Waals surface area contributed by atoms with Gasteiger partial charge >= 0.3 is 0 Å². The van der Waals surface area contributed by atoms with E-state index in [1.807, 2.05) is 6.92 Å². The Kier molecular flexibility index (Phi) is 15.5. The average Bonchev–Trinajstić information content (AvgIpc) is 2.57. The number of guanidine groups is 1. The van der Waals surface area contributed by atoms with Crippen molar-refractivity contribution in [2.45, 2.75) is 19.8 Å². The second-order valence-electron chi connectivity index (χ2n) is 5.13. The highest BCUT2D eigenvalue weighted by atomic mass is 127. The van der Waals surface area contributed by atoms with Crippen molar-refractivity contribution in [3.8, 4) is 0 Å². The molecule has 0 saturated heterocycles. The molecule has 0 heterocycles. The molecule has 0 bridgehead atoms. The third-order valence-electron chi connectivity index (χ3n) is 3.19. The SMILES string of the molecule is CCNC(=NCCCOCCOC)NCCc1cc(Br)ccc1F.I. The summed E-state index contributed by atoms with van der Waals surface area (Å²) in [6.45, 7) is 5.96. The molecule has 0 aliphatic carbocycles. The largest absolute Gasteiger partial charge is 0.382 e. The number of hydrogen-bond donors (Lipinski definition) is 2. The van der Waals surface area contributed by atoms with Crippen LogP contribution < -0.4 is 10.6 Å². The Morgan fingerprint density at radius 3 is 2.76 bits per heavy atom. The highest BCUT2D eigenvalue weighted by Crippen LogP contribution is 2.15. The van der Waals surface area contributed by atoms with Gasteiger partial charge in [0.05, 0.1) is 13.2 Å². The Morgan fingerprint density at radius 1 is 1.24 bits per heavy atom. The summed E-state index contributed by atoms with van der Waals surface area (Å²) in [4.78, 5) is 4.48. The zero-order valence-electron chi connectivity index (χ0n) is 14.8. The van der Waals surface area contributed by atoms with Crippen LogP contribution in [-0.4, -0.2) is 52.5 Å². The first-order chi connectivity index (χ1) is 11.7. The van der Waals surface area contributed by atoms with E-state index in [4.69, 9.17) is 9.47 Å². The van der Waals surface area contributed by atoms with Gasteiger partial charge in [-0.2, -0.15) is 0 Å². The van der Waals surface area contributed by atoms with Gasteiger partial charge in [-0.25, -0.2) is 4.39 Å². The van der Waals surface area contributed by atoms with Gasteiger partial charge in [-0.15, -0.1) is 24.0 Å². The quantitative estimate of drug-likeness (QED) is 0.199. The summed E-state index contributed by atoms with van der Waals surface area (Å²) in [6, 6.07) is 4.98. The number of ether oxygens (including phenoxy) is 2. The molecule has 0 saturated carbocycles. The third-order valence-corrected chi connectivity index (χ3v) is 3.68. The molecule has 0 unspecified atom stereocenters. The topological polar surface area (TPSA) is 54.9 Å². The molecule has 5 nitrogen and oxygen atoms in total. The predicted molar refractivity (Wildman–Crippen MR) is 115 cm³/mol. The normalized spacial score (nSPS) is 11.1. The molecule has 25 heavy (non-hydrogen) atoms. The standard InChI is InChI=1S/C17H27BrFN3O2.HI/c1-3-20-17(21-8-4-10-24-12-11-23-2)22-9-7-14-13-15(18)5-6-16(14)19;/h5-6,13H,3-4,7-12H2,1-2H3,(H2,20,21,22);1H. The molecule has 0 spiro atoms. The maximum Gasteiger partial charge on any atom is 0.191 e. The Balaban J connectivity index is 0.00000576. The van der Waals surface area contributed by atoms with E-state index in [0.717, 1.165) is 23.4 Å². The van der Waals surface area contributed by atoms with Gasteiger partial charge in [0.2, 0.25) is 0 Å². The maximum atomic E-state index is 13.7. The number of methoxy groups -OCH3 is 1. The van der Waals surface area contributed by atoms with E-state index < -0.39 is 0 Å². The smallest absolute Gasteiger partial charge is 0.191 e. The van der Waals surface area contributed by atoms with Crippen LogP contribution in [0.4, 0.5) is 4.39 Å². The summed E-state index contributed by atoms with van der Waals surface area (Å²) in [5.41, 5.74) is 0.680. The van der Waals surface area contributed by atoms with Gasteiger partial charge in [-0.1, -0.05) is 15.9 Å². The van der Waals surface area contributed by atoms with E-state index in [1.54, 1.807) is 19.2 Å². The molecule has 0 aliphatic rings. The number of nitrogens with zero attached hydrogens (tertiary/aromatic N) is 1. The molecule has 1 aromatic rings. The summed E-state index contributed by atoms with van der Waals surface area (Å²) < 4.78 is 24.9. The fourth-order valence-corrected chi connectivity index (χ4v) is 2.40. The average molecular weight is 532 g/mol. The van der Waals surface area contributed by atoms with E-state index in [2.05, 4.69) is 31.6 Å². The van der Waals surface area contributed by atoms with Crippen molar-refractivity contribution in [1.29, 1.82) is 0 Å². The van der Waals surface area contributed by atoms with Gasteiger partial charge in [0, 0.05) is 37.8 Å². The molecule has 0 amide bonds. The summed E-state index contributed by atoms with van der Waals surface area (Å²) in [5, 5.41) is 6.40. The monoisotopic (exact) mass is 531 g/mol. The Labute approximate surface area is 175 Å². The van der Waals surface area contributed by atoms with Crippen LogP contribution in [0.3, 0.4) is 0 Å². The van der Waals surface area contributed by atoms with Crippen molar-refractivity contribution in [3.63, 3.8) is 0 Å². The number of aliphatic imine (C=N–C) groups is 1. The van der Waals surface area contributed by atoms with Crippen molar-refractivity contribution in [1.82, 2.24) is 10.6 Å². The lowest BCUT2D eigenvalue weighted by molar-refractivity contribution is 0.0702. The van der Waals surface area contributed by atoms with Crippen molar-refractivity contribution >= 4 is 45.9 Å². The van der Waals surface area contributed by atoms with E-state index in [1.165, 1.54) is 6.07 Å². The molecule has 1 rings (SSSR count). The highest BCUT2D eigenvalue weighted by Gasteiger charge is 2.03. The maximum absolute atomic E-state index is 13.7. The van der Waals surface area contributed by atoms with Crippen LogP contribution in [-0.2, 0) is 15.9 Å². The number of halogens is 3. The second kappa shape index (κ2) is 15.8. The Hall–Kier alpha value is -0.450. The number of nitrogens with one attached hydrogen (secondary N) is 2. The lowest BCUT2D eigenvalue weighted by atomic mass is 10.1. The minimum absolute atomic E-state index is 0. The fourth-order valence-electron chi connectivity index (χ4n) is 1.99. The van der Waals surface area contributed by atoms with Crippen LogP contribution in [0, 0.1) is 5.82 Å². The van der Waals surface area contributed by atoms with E-state index >= 15 is 0 Å². The van der Waals surface area contributed by atoms with Crippen molar-refractivity contribution in [3.05, 3.63) is 34.1 Å². The van der Waals surface area contributed by atoms with Crippen LogP contribution in [0.25, 0.3) is 0 Å². The summed E-state index contributed by atoms with van der Waals surface area (Å²) in [7, 11) is 1.65. The lowest BCUT2D eigenvalue weighted by Crippen LogP contribution is -2.38. The van der Waals surface area contributed by atoms with Gasteiger partial charge < -0.3 is 20.1 Å². The molecular formula is C17H28BrFIN3O2. The molecule has 144 valence electrons. The number of hydrogen-bond acceptors (Lipinski definition) is 3. The molecule has 0 aromatic heterocycles. The molecule has 0 fully saturated rings. The zero-order valence-corrected chi connectivity index (χ0v) is 18.7. The van der Waals surface area contributed by atoms with E-state index in [9.17, 15) is 4.39 Å². The number of rotatable bonds is 11. The van der Waals surface area contributed by atoms with Gasteiger partial charge in [-0.3, -0.25) is 4.99 Å². The van der Waals surface area contributed by atoms with Crippen LogP contribution >= 0.6 is 39.9 Å². The first kappa shape index (κ1) is 24.6. The summed E-state index contributed by atoms with van der Waals surface area (Å²) in [5.74, 6) is 0.556. The summed E-state index contributed by atoms with van der Waals surface area (Å²) >= 11 is 3.36. The predicted octanol–water partition coefficient (Wildman–Crippen LogP) is 3.36. The van der Waals surface area contributed by atoms with Gasteiger partial charge in [0.1, 0.15) is 5.82 Å². The van der Waals surface area contributed by atoms with Gasteiger partial charge in [0.15, 0.2) is 5.96 Å². The fraction of sp³-hybridized carbons (Fsp3) is 0.588. The molecule has 0 aliphatic heterocycles. The first-order valence-electron chi connectivity index (χ1n) is 8.20. The Morgan fingerprint density at radius 2 is 2.04 bits per heavy atom. The van der Waals surface area contributed by atoms with E-state index in [0.29, 0.717) is 44.9 Å². The molecule has 0 atom stereocenters. The van der Waals surface area contributed by atoms with Crippen LogP contribution in [0.15, 0.2) is 27.7 Å². The van der Waals surface area contributed by atoms with Crippen LogP contribution in [0.1, 0.15) is 18.9 Å². The minimum Gasteiger partial charge on any atom is -0.382 e. The zero-order chi connectivity index (χ0) is 17.6. The highest BCUT2D eigenvalue weighted by molar-refractivity contribution is 14.0. The summed E-state index contributed by atoms with van der Waals surface area (Å²) in [6.07, 6.45) is 1.44. The molecule has 2 N–H and O–H groups in total.